The molecular weight excluding hydrogens is 264 g/mol. The summed E-state index contributed by atoms with van der Waals surface area (Å²) in [6.07, 6.45) is -1.70. The zero-order valence-electron chi connectivity index (χ0n) is 7.81. The standard InChI is InChI=1S/C10H13BrO2S/c1-6-2-3-7(4-8(6)11)10(13)9(12)5-14/h2-4,9-10,12-14H,5H2,1H3. The fourth-order valence-corrected chi connectivity index (χ4v) is 1.71. The Labute approximate surface area is 97.5 Å². The topological polar surface area (TPSA) is 40.5 Å². The van der Waals surface area contributed by atoms with E-state index < -0.39 is 12.2 Å². The Morgan fingerprint density at radius 3 is 2.57 bits per heavy atom. The first kappa shape index (κ1) is 12.0. The number of hydrogen-bond acceptors (Lipinski definition) is 3. The zero-order chi connectivity index (χ0) is 10.7. The highest BCUT2D eigenvalue weighted by Crippen LogP contribution is 2.24. The second-order valence-electron chi connectivity index (χ2n) is 3.20. The number of aryl methyl sites for hydroxylation is 1. The van der Waals surface area contributed by atoms with Gasteiger partial charge < -0.3 is 10.2 Å². The number of thiol groups is 1. The first-order chi connectivity index (χ1) is 6.56. The number of aliphatic hydroxyl groups excluding tert-OH is 2. The fourth-order valence-electron chi connectivity index (χ4n) is 1.12. The van der Waals surface area contributed by atoms with Crippen molar-refractivity contribution in [3.63, 3.8) is 0 Å². The molecule has 0 aromatic heterocycles. The molecule has 0 amide bonds. The van der Waals surface area contributed by atoms with Gasteiger partial charge in [0.1, 0.15) is 6.10 Å². The van der Waals surface area contributed by atoms with Gasteiger partial charge in [-0.05, 0) is 24.1 Å². The minimum Gasteiger partial charge on any atom is -0.389 e. The van der Waals surface area contributed by atoms with Crippen molar-refractivity contribution in [2.24, 2.45) is 0 Å². The Bertz CT molecular complexity index is 317. The Hall–Kier alpha value is -0.0300. The molecule has 2 unspecified atom stereocenters. The van der Waals surface area contributed by atoms with E-state index in [2.05, 4.69) is 28.6 Å². The van der Waals surface area contributed by atoms with Crippen LogP contribution in [0.3, 0.4) is 0 Å². The van der Waals surface area contributed by atoms with E-state index in [0.717, 1.165) is 10.0 Å². The summed E-state index contributed by atoms with van der Waals surface area (Å²) in [4.78, 5) is 0. The molecule has 0 spiro atoms. The van der Waals surface area contributed by atoms with Crippen molar-refractivity contribution in [1.82, 2.24) is 0 Å². The van der Waals surface area contributed by atoms with Gasteiger partial charge in [0.2, 0.25) is 0 Å². The lowest BCUT2D eigenvalue weighted by Gasteiger charge is -2.16. The molecule has 0 aliphatic rings. The quantitative estimate of drug-likeness (QED) is 0.740. The van der Waals surface area contributed by atoms with E-state index in [-0.39, 0.29) is 5.75 Å². The first-order valence-corrected chi connectivity index (χ1v) is 5.72. The number of rotatable bonds is 3. The third-order valence-corrected chi connectivity index (χ3v) is 3.32. The summed E-state index contributed by atoms with van der Waals surface area (Å²) in [7, 11) is 0. The van der Waals surface area contributed by atoms with Crippen LogP contribution in [0.1, 0.15) is 17.2 Å². The molecule has 78 valence electrons. The summed E-state index contributed by atoms with van der Waals surface area (Å²) in [6, 6.07) is 5.51. The number of hydrogen-bond donors (Lipinski definition) is 3. The van der Waals surface area contributed by atoms with Crippen molar-refractivity contribution in [3.05, 3.63) is 33.8 Å². The molecule has 4 heteroatoms. The van der Waals surface area contributed by atoms with E-state index >= 15 is 0 Å². The SMILES string of the molecule is Cc1ccc(C(O)C(O)CS)cc1Br. The summed E-state index contributed by atoms with van der Waals surface area (Å²) >= 11 is 7.30. The molecule has 2 N–H and O–H groups in total. The molecule has 0 saturated carbocycles. The maximum Gasteiger partial charge on any atom is 0.106 e. The van der Waals surface area contributed by atoms with Crippen LogP contribution in [-0.4, -0.2) is 22.1 Å². The van der Waals surface area contributed by atoms with Gasteiger partial charge in [0.05, 0.1) is 6.10 Å². The minimum atomic E-state index is -0.871. The number of halogens is 1. The molecule has 0 saturated heterocycles. The lowest BCUT2D eigenvalue weighted by molar-refractivity contribution is 0.0337. The Morgan fingerprint density at radius 2 is 2.07 bits per heavy atom. The van der Waals surface area contributed by atoms with Gasteiger partial charge >= 0.3 is 0 Å². The van der Waals surface area contributed by atoms with Gasteiger partial charge in [-0.15, -0.1) is 0 Å². The van der Waals surface area contributed by atoms with Crippen molar-refractivity contribution >= 4 is 28.6 Å². The Balaban J connectivity index is 2.91. The molecule has 0 aliphatic heterocycles. The smallest absolute Gasteiger partial charge is 0.106 e. The van der Waals surface area contributed by atoms with Gasteiger partial charge in [-0.2, -0.15) is 12.6 Å². The Morgan fingerprint density at radius 1 is 1.43 bits per heavy atom. The first-order valence-electron chi connectivity index (χ1n) is 4.29. The molecule has 1 aromatic carbocycles. The summed E-state index contributed by atoms with van der Waals surface area (Å²) in [6.45, 7) is 1.97. The molecule has 0 fully saturated rings. The molecule has 0 radical (unpaired) electrons. The molecule has 0 aliphatic carbocycles. The van der Waals surface area contributed by atoms with Gasteiger partial charge in [0.25, 0.3) is 0 Å². The van der Waals surface area contributed by atoms with Crippen LogP contribution < -0.4 is 0 Å². The van der Waals surface area contributed by atoms with Gasteiger partial charge in [0, 0.05) is 10.2 Å². The van der Waals surface area contributed by atoms with Crippen molar-refractivity contribution in [2.45, 2.75) is 19.1 Å². The number of benzene rings is 1. The highest BCUT2D eigenvalue weighted by molar-refractivity contribution is 9.10. The van der Waals surface area contributed by atoms with Crippen molar-refractivity contribution in [1.29, 1.82) is 0 Å². The zero-order valence-corrected chi connectivity index (χ0v) is 10.3. The molecule has 14 heavy (non-hydrogen) atoms. The highest BCUT2D eigenvalue weighted by atomic mass is 79.9. The third-order valence-electron chi connectivity index (χ3n) is 2.09. The monoisotopic (exact) mass is 276 g/mol. The van der Waals surface area contributed by atoms with Crippen LogP contribution >= 0.6 is 28.6 Å². The molecular formula is C10H13BrO2S. The Kier molecular flexibility index (Phi) is 4.44. The van der Waals surface area contributed by atoms with Crippen LogP contribution in [0, 0.1) is 6.92 Å². The molecule has 2 atom stereocenters. The van der Waals surface area contributed by atoms with Crippen LogP contribution in [0.25, 0.3) is 0 Å². The molecule has 0 heterocycles. The largest absolute Gasteiger partial charge is 0.389 e. The maximum absolute atomic E-state index is 9.68. The molecule has 1 rings (SSSR count). The molecule has 1 aromatic rings. The van der Waals surface area contributed by atoms with E-state index in [1.54, 1.807) is 6.07 Å². The predicted molar refractivity (Wildman–Crippen MR) is 63.7 cm³/mol. The summed E-state index contributed by atoms with van der Waals surface area (Å²) < 4.78 is 0.931. The fraction of sp³-hybridized carbons (Fsp3) is 0.400. The van der Waals surface area contributed by atoms with E-state index in [1.165, 1.54) is 0 Å². The summed E-state index contributed by atoms with van der Waals surface area (Å²) in [5, 5.41) is 19.1. The molecule has 2 nitrogen and oxygen atoms in total. The maximum atomic E-state index is 9.68. The second kappa shape index (κ2) is 5.16. The van der Waals surface area contributed by atoms with E-state index in [0.29, 0.717) is 5.56 Å². The normalized spacial score (nSPS) is 15.2. The highest BCUT2D eigenvalue weighted by Gasteiger charge is 2.16. The van der Waals surface area contributed by atoms with Crippen molar-refractivity contribution < 1.29 is 10.2 Å². The second-order valence-corrected chi connectivity index (χ2v) is 4.42. The van der Waals surface area contributed by atoms with E-state index in [4.69, 9.17) is 0 Å². The van der Waals surface area contributed by atoms with Gasteiger partial charge in [0.15, 0.2) is 0 Å². The van der Waals surface area contributed by atoms with E-state index in [9.17, 15) is 10.2 Å². The van der Waals surface area contributed by atoms with Gasteiger partial charge in [-0.1, -0.05) is 28.1 Å². The predicted octanol–water partition coefficient (Wildman–Crippen LogP) is 2.08. The molecule has 0 bridgehead atoms. The van der Waals surface area contributed by atoms with Gasteiger partial charge in [-0.3, -0.25) is 0 Å². The third kappa shape index (κ3) is 2.73. The lowest BCUT2D eigenvalue weighted by Crippen LogP contribution is -2.19. The van der Waals surface area contributed by atoms with Gasteiger partial charge in [-0.25, -0.2) is 0 Å². The van der Waals surface area contributed by atoms with Crippen LogP contribution in [-0.2, 0) is 0 Å². The van der Waals surface area contributed by atoms with E-state index in [1.807, 2.05) is 19.1 Å². The lowest BCUT2D eigenvalue weighted by atomic mass is 10.0. The number of aliphatic hydroxyl groups is 2. The summed E-state index contributed by atoms with van der Waals surface area (Å²) in [5.41, 5.74) is 1.80. The van der Waals surface area contributed by atoms with Crippen LogP contribution in [0.4, 0.5) is 0 Å². The average molecular weight is 277 g/mol. The van der Waals surface area contributed by atoms with Crippen LogP contribution in [0.15, 0.2) is 22.7 Å². The van der Waals surface area contributed by atoms with Crippen molar-refractivity contribution in [2.75, 3.05) is 5.75 Å². The minimum absolute atomic E-state index is 0.243. The van der Waals surface area contributed by atoms with Crippen molar-refractivity contribution in [3.8, 4) is 0 Å². The van der Waals surface area contributed by atoms with Crippen LogP contribution in [0.2, 0.25) is 0 Å². The van der Waals surface area contributed by atoms with Crippen LogP contribution in [0.5, 0.6) is 0 Å². The average Bonchev–Trinajstić information content (AvgIpc) is 2.20. The summed E-state index contributed by atoms with van der Waals surface area (Å²) in [5.74, 6) is 0.243.